The molecule has 0 atom stereocenters. The Morgan fingerprint density at radius 3 is 1.33 bits per heavy atom. The Labute approximate surface area is 133 Å². The van der Waals surface area contributed by atoms with Gasteiger partial charge < -0.3 is 0 Å². The van der Waals surface area contributed by atoms with Gasteiger partial charge in [0.1, 0.15) is 12.4 Å². The van der Waals surface area contributed by atoms with Crippen LogP contribution in [0.4, 0.5) is 26.3 Å². The first kappa shape index (κ1) is 24.9. The van der Waals surface area contributed by atoms with E-state index in [0.717, 1.165) is 6.54 Å². The molecule has 0 saturated carbocycles. The molecule has 0 radical (unpaired) electrons. The zero-order chi connectivity index (χ0) is 20.0. The van der Waals surface area contributed by atoms with Crippen molar-refractivity contribution >= 4 is 20.0 Å². The number of primary sulfonamides is 2. The van der Waals surface area contributed by atoms with Crippen LogP contribution in [-0.4, -0.2) is 32.4 Å². The topological polar surface area (TPSA) is 129 Å². The van der Waals surface area contributed by atoms with Crippen LogP contribution in [-0.2, 0) is 33.6 Å². The van der Waals surface area contributed by atoms with Crippen LogP contribution >= 0.6 is 0 Å². The van der Waals surface area contributed by atoms with Crippen molar-refractivity contribution in [1.82, 2.24) is 4.57 Å². The third kappa shape index (κ3) is 10.4. The predicted octanol–water partition coefficient (Wildman–Crippen LogP) is -0.0781. The Morgan fingerprint density at radius 1 is 0.958 bits per heavy atom. The number of sulfonamides is 2. The Kier molecular flexibility index (Phi) is 8.94. The van der Waals surface area contributed by atoms with Gasteiger partial charge in [-0.3, -0.25) is 0 Å². The molecule has 4 N–H and O–H groups in total. The maximum atomic E-state index is 10.8. The van der Waals surface area contributed by atoms with Crippen LogP contribution in [0, 0.1) is 0 Å². The van der Waals surface area contributed by atoms with Gasteiger partial charge >= 0.3 is 31.1 Å². The Balaban J connectivity index is 0. The second kappa shape index (κ2) is 8.63. The van der Waals surface area contributed by atoms with Crippen LogP contribution in [0.2, 0.25) is 0 Å². The maximum absolute atomic E-state index is 10.8. The SMILES string of the molecule is CCn1cc[n+](C)c1.NS(=O)(=O)C(F)(F)F.NS(=O)(=O)C(F)(F)F. The summed E-state index contributed by atoms with van der Waals surface area (Å²) in [6.07, 6.45) is 6.14. The lowest BCUT2D eigenvalue weighted by atomic mass is 10.7. The number of aryl methyl sites for hydroxylation is 2. The van der Waals surface area contributed by atoms with Gasteiger partial charge in [0.2, 0.25) is 6.33 Å². The molecule has 16 heteroatoms. The number of imidazole rings is 1. The number of rotatable bonds is 1. The molecule has 144 valence electrons. The van der Waals surface area contributed by atoms with Gasteiger partial charge in [0.25, 0.3) is 0 Å². The third-order valence-electron chi connectivity index (χ3n) is 1.83. The normalized spacial score (nSPS) is 12.6. The van der Waals surface area contributed by atoms with Gasteiger partial charge in [0.05, 0.1) is 13.6 Å². The standard InChI is InChI=1S/C6H11N2.2CH2F3NO2S/c1-3-8-5-4-7(2)6-8;2*2-1(3,4)8(5,6)7/h4-6H,3H2,1-2H3;2*(H2,5,6,7)/q+1;;. The smallest absolute Gasteiger partial charge is 0.240 e. The molecular weight excluding hydrogens is 394 g/mol. The molecule has 1 aromatic rings. The number of nitrogens with two attached hydrogens (primary N) is 2. The van der Waals surface area contributed by atoms with E-state index in [2.05, 4.69) is 34.3 Å². The number of halogens is 6. The van der Waals surface area contributed by atoms with Crippen molar-refractivity contribution in [2.24, 2.45) is 17.3 Å². The molecule has 0 spiro atoms. The van der Waals surface area contributed by atoms with E-state index in [9.17, 15) is 43.2 Å². The highest BCUT2D eigenvalue weighted by Gasteiger charge is 2.43. The summed E-state index contributed by atoms with van der Waals surface area (Å²) in [5.74, 6) is 0. The molecule has 0 aliphatic rings. The second-order valence-corrected chi connectivity index (χ2v) is 7.00. The molecular formula is C8H15F6N4O4S2+. The van der Waals surface area contributed by atoms with Crippen molar-refractivity contribution in [2.45, 2.75) is 24.5 Å². The summed E-state index contributed by atoms with van der Waals surface area (Å²) in [5, 5.41) is 7.32. The molecule has 1 rings (SSSR count). The van der Waals surface area contributed by atoms with E-state index in [4.69, 9.17) is 0 Å². The fourth-order valence-electron chi connectivity index (χ4n) is 0.689. The van der Waals surface area contributed by atoms with E-state index in [0.29, 0.717) is 0 Å². The number of nitrogens with zero attached hydrogens (tertiary/aromatic N) is 2. The van der Waals surface area contributed by atoms with Crippen molar-refractivity contribution < 1.29 is 47.7 Å². The summed E-state index contributed by atoms with van der Waals surface area (Å²) >= 11 is 0. The summed E-state index contributed by atoms with van der Waals surface area (Å²) < 4.78 is 106. The van der Waals surface area contributed by atoms with Gasteiger partial charge in [0, 0.05) is 0 Å². The van der Waals surface area contributed by atoms with Crippen LogP contribution in [0.15, 0.2) is 18.7 Å². The summed E-state index contributed by atoms with van der Waals surface area (Å²) in [5.41, 5.74) is -10.6. The largest absolute Gasteiger partial charge is 0.511 e. The van der Waals surface area contributed by atoms with E-state index in [1.54, 1.807) is 0 Å². The van der Waals surface area contributed by atoms with Crippen molar-refractivity contribution in [3.8, 4) is 0 Å². The van der Waals surface area contributed by atoms with Gasteiger partial charge in [-0.25, -0.2) is 36.2 Å². The quantitative estimate of drug-likeness (QED) is 0.497. The molecule has 0 unspecified atom stereocenters. The van der Waals surface area contributed by atoms with Gasteiger partial charge in [-0.1, -0.05) is 0 Å². The molecule has 0 fully saturated rings. The molecule has 1 heterocycles. The second-order valence-electron chi connectivity index (χ2n) is 3.89. The van der Waals surface area contributed by atoms with Crippen molar-refractivity contribution in [2.75, 3.05) is 0 Å². The van der Waals surface area contributed by atoms with Crippen LogP contribution in [0.1, 0.15) is 6.92 Å². The fourth-order valence-corrected chi connectivity index (χ4v) is 0.689. The number of alkyl halides is 6. The lowest BCUT2D eigenvalue weighted by Crippen LogP contribution is -2.30. The first-order valence-corrected chi connectivity index (χ1v) is 8.61. The molecule has 0 saturated heterocycles. The molecule has 8 nitrogen and oxygen atoms in total. The van der Waals surface area contributed by atoms with E-state index in [1.807, 2.05) is 17.8 Å². The van der Waals surface area contributed by atoms with Gasteiger partial charge in [-0.15, -0.1) is 0 Å². The molecule has 24 heavy (non-hydrogen) atoms. The van der Waals surface area contributed by atoms with Gasteiger partial charge in [0.15, 0.2) is 0 Å². The van der Waals surface area contributed by atoms with E-state index in [1.165, 1.54) is 0 Å². The highest BCUT2D eigenvalue weighted by molar-refractivity contribution is 7.90. The molecule has 0 aliphatic heterocycles. The fraction of sp³-hybridized carbons (Fsp3) is 0.625. The van der Waals surface area contributed by atoms with Crippen LogP contribution in [0.25, 0.3) is 0 Å². The molecule has 0 amide bonds. The first-order valence-electron chi connectivity index (χ1n) is 5.52. The van der Waals surface area contributed by atoms with E-state index in [-0.39, 0.29) is 0 Å². The summed E-state index contributed by atoms with van der Waals surface area (Å²) in [6, 6.07) is 0. The molecule has 1 aromatic heterocycles. The van der Waals surface area contributed by atoms with Crippen molar-refractivity contribution in [3.63, 3.8) is 0 Å². The zero-order valence-corrected chi connectivity index (χ0v) is 13.8. The van der Waals surface area contributed by atoms with Gasteiger partial charge in [-0.2, -0.15) is 26.3 Å². The van der Waals surface area contributed by atoms with Crippen LogP contribution in [0.5, 0.6) is 0 Å². The first-order chi connectivity index (χ1) is 10.3. The van der Waals surface area contributed by atoms with E-state index >= 15 is 0 Å². The van der Waals surface area contributed by atoms with Crippen LogP contribution < -0.4 is 14.8 Å². The van der Waals surface area contributed by atoms with Gasteiger partial charge in [-0.05, 0) is 6.92 Å². The average molecular weight is 409 g/mol. The van der Waals surface area contributed by atoms with Crippen LogP contribution in [0.3, 0.4) is 0 Å². The lowest BCUT2D eigenvalue weighted by molar-refractivity contribution is -0.671. The summed E-state index contributed by atoms with van der Waals surface area (Å²) in [6.45, 7) is 3.18. The Morgan fingerprint density at radius 2 is 1.25 bits per heavy atom. The minimum atomic E-state index is -5.34. The zero-order valence-electron chi connectivity index (χ0n) is 12.2. The molecule has 0 aliphatic carbocycles. The number of hydrogen-bond acceptors (Lipinski definition) is 4. The predicted molar refractivity (Wildman–Crippen MR) is 69.6 cm³/mol. The highest BCUT2D eigenvalue weighted by atomic mass is 32.2. The molecule has 0 aromatic carbocycles. The number of aromatic nitrogens is 2. The third-order valence-corrected chi connectivity index (χ3v) is 3.12. The average Bonchev–Trinajstić information content (AvgIpc) is 2.71. The summed E-state index contributed by atoms with van der Waals surface area (Å²) in [7, 11) is -8.66. The minimum Gasteiger partial charge on any atom is -0.240 e. The summed E-state index contributed by atoms with van der Waals surface area (Å²) in [4.78, 5) is 0. The van der Waals surface area contributed by atoms with E-state index < -0.39 is 31.1 Å². The van der Waals surface area contributed by atoms with Crippen molar-refractivity contribution in [3.05, 3.63) is 18.7 Å². The minimum absolute atomic E-state index is 1.06. The van der Waals surface area contributed by atoms with Crippen molar-refractivity contribution in [1.29, 1.82) is 0 Å². The molecule has 0 bridgehead atoms. The Hall–Kier alpha value is -1.39. The lowest BCUT2D eigenvalue weighted by Gasteiger charge is -1.98. The monoisotopic (exact) mass is 409 g/mol. The Bertz CT molecular complexity index is 666. The maximum Gasteiger partial charge on any atom is 0.511 e. The number of hydrogen-bond donors (Lipinski definition) is 2. The highest BCUT2D eigenvalue weighted by Crippen LogP contribution is 2.19.